The second-order valence-corrected chi connectivity index (χ2v) is 16.5. The van der Waals surface area contributed by atoms with Crippen LogP contribution in [-0.4, -0.2) is 68.4 Å². The van der Waals surface area contributed by atoms with Gasteiger partial charge in [0.1, 0.15) is 12.2 Å². The predicted molar refractivity (Wildman–Crippen MR) is 210 cm³/mol. The Labute approximate surface area is 322 Å². The average Bonchev–Trinajstić information content (AvgIpc) is 3.42. The van der Waals surface area contributed by atoms with E-state index in [2.05, 4.69) is 41.5 Å². The van der Waals surface area contributed by atoms with Crippen LogP contribution in [0.15, 0.2) is 0 Å². The fourth-order valence-corrected chi connectivity index (χ4v) is 8.39. The van der Waals surface area contributed by atoms with Gasteiger partial charge in [0.05, 0.1) is 32.0 Å². The van der Waals surface area contributed by atoms with Crippen LogP contribution < -0.4 is 17.2 Å². The van der Waals surface area contributed by atoms with Crippen molar-refractivity contribution < 1.29 is 38.1 Å². The van der Waals surface area contributed by atoms with E-state index in [-0.39, 0.29) is 110 Å². The van der Waals surface area contributed by atoms with Gasteiger partial charge in [-0.3, -0.25) is 19.2 Å². The summed E-state index contributed by atoms with van der Waals surface area (Å²) in [4.78, 5) is 50.5. The highest BCUT2D eigenvalue weighted by Crippen LogP contribution is 2.56. The minimum Gasteiger partial charge on any atom is -0.466 e. The van der Waals surface area contributed by atoms with Crippen LogP contribution in [0.5, 0.6) is 0 Å². The van der Waals surface area contributed by atoms with Gasteiger partial charge in [-0.15, -0.1) is 0 Å². The van der Waals surface area contributed by atoms with E-state index >= 15 is 0 Å². The quantitative estimate of drug-likeness (QED) is 0.0393. The molecular weight excluding hydrogens is 674 g/mol. The SMILES string of the molecule is CCCCCCOC(=O)CC[C@@H](C)[C@H]1CC[C@@H](C)[C@]1(C)[C@H](C[C@@H](C)[C@@](C)(CC[C@H](CC)OC(=O)CCN)CC[C@H](C)OC(=O)CCN)OC(=O)CCN. The fourth-order valence-electron chi connectivity index (χ4n) is 8.39. The van der Waals surface area contributed by atoms with E-state index in [9.17, 15) is 19.2 Å². The molecule has 11 nitrogen and oxygen atoms in total. The van der Waals surface area contributed by atoms with Gasteiger partial charge in [-0.1, -0.05) is 67.7 Å². The molecule has 1 saturated carbocycles. The summed E-state index contributed by atoms with van der Waals surface area (Å²) in [6.45, 7) is 18.5. The molecule has 0 aromatic carbocycles. The molecule has 1 rings (SSSR count). The van der Waals surface area contributed by atoms with E-state index < -0.39 is 0 Å². The fraction of sp³-hybridized carbons (Fsp3) is 0.905. The molecule has 0 aromatic rings. The molecule has 1 aliphatic carbocycles. The van der Waals surface area contributed by atoms with Crippen molar-refractivity contribution in [2.24, 2.45) is 51.7 Å². The van der Waals surface area contributed by atoms with Crippen molar-refractivity contribution in [1.29, 1.82) is 0 Å². The first kappa shape index (κ1) is 48.8. The standard InChI is InChI=1S/C42H79N3O8/c1-9-11-12-13-28-50-37(46)17-14-30(3)35-16-15-31(4)42(35,8)36(53-40(49)22-27-45)29-32(5)41(7,23-18-33(6)51-38(47)20-25-43)24-19-34(10-2)52-39(48)21-26-44/h30-36H,9-29,43-45H2,1-8H3/t30-,31-,32-,33+,34+,35-,36+,41-,42+/m1/s1. The van der Waals surface area contributed by atoms with Crippen molar-refractivity contribution in [2.45, 2.75) is 183 Å². The van der Waals surface area contributed by atoms with Crippen molar-refractivity contribution in [2.75, 3.05) is 26.2 Å². The molecule has 0 spiro atoms. The second kappa shape index (κ2) is 25.8. The Balaban J connectivity index is 3.34. The van der Waals surface area contributed by atoms with E-state index in [0.29, 0.717) is 44.6 Å². The van der Waals surface area contributed by atoms with E-state index in [1.165, 1.54) is 0 Å². The van der Waals surface area contributed by atoms with Crippen LogP contribution >= 0.6 is 0 Å². The second-order valence-electron chi connectivity index (χ2n) is 16.5. The molecule has 0 bridgehead atoms. The van der Waals surface area contributed by atoms with Crippen LogP contribution in [0.4, 0.5) is 0 Å². The smallest absolute Gasteiger partial charge is 0.307 e. The van der Waals surface area contributed by atoms with Gasteiger partial charge in [0.25, 0.3) is 0 Å². The van der Waals surface area contributed by atoms with E-state index in [4.69, 9.17) is 36.1 Å². The summed E-state index contributed by atoms with van der Waals surface area (Å²) in [5.41, 5.74) is 16.4. The third-order valence-corrected chi connectivity index (χ3v) is 12.5. The zero-order valence-electron chi connectivity index (χ0n) is 34.9. The summed E-state index contributed by atoms with van der Waals surface area (Å²) >= 11 is 0. The Bertz CT molecular complexity index is 1070. The zero-order chi connectivity index (χ0) is 40.0. The third kappa shape index (κ3) is 17.0. The van der Waals surface area contributed by atoms with Crippen molar-refractivity contribution in [1.82, 2.24) is 0 Å². The highest BCUT2D eigenvalue weighted by Gasteiger charge is 2.53. The summed E-state index contributed by atoms with van der Waals surface area (Å²) in [5.74, 6) is -0.159. The number of hydrogen-bond acceptors (Lipinski definition) is 11. The highest BCUT2D eigenvalue weighted by molar-refractivity contribution is 5.70. The molecule has 0 unspecified atom stereocenters. The van der Waals surface area contributed by atoms with Crippen LogP contribution in [0.1, 0.15) is 165 Å². The lowest BCUT2D eigenvalue weighted by atomic mass is 9.61. The normalized spacial score (nSPS) is 22.5. The molecule has 9 atom stereocenters. The molecule has 0 heterocycles. The first-order valence-electron chi connectivity index (χ1n) is 21.0. The number of carbonyl (C=O) groups is 4. The van der Waals surface area contributed by atoms with E-state index in [1.54, 1.807) is 0 Å². The monoisotopic (exact) mass is 754 g/mol. The van der Waals surface area contributed by atoms with Gasteiger partial charge < -0.3 is 36.1 Å². The van der Waals surface area contributed by atoms with E-state index in [0.717, 1.165) is 57.8 Å². The molecule has 1 fully saturated rings. The van der Waals surface area contributed by atoms with Gasteiger partial charge in [0, 0.05) is 31.5 Å². The summed E-state index contributed by atoms with van der Waals surface area (Å²) in [5, 5.41) is 0. The summed E-state index contributed by atoms with van der Waals surface area (Å²) in [6, 6.07) is 0. The first-order valence-corrected chi connectivity index (χ1v) is 21.0. The maximum Gasteiger partial charge on any atom is 0.307 e. The highest BCUT2D eigenvalue weighted by atomic mass is 16.6. The van der Waals surface area contributed by atoms with Gasteiger partial charge in [0.2, 0.25) is 0 Å². The van der Waals surface area contributed by atoms with Crippen LogP contribution in [0.3, 0.4) is 0 Å². The largest absolute Gasteiger partial charge is 0.466 e. The van der Waals surface area contributed by atoms with Gasteiger partial charge in [-0.05, 0) is 100 Å². The summed E-state index contributed by atoms with van der Waals surface area (Å²) in [6.07, 6.45) is 11.2. The Morgan fingerprint density at radius 3 is 1.92 bits per heavy atom. The molecule has 0 saturated heterocycles. The van der Waals surface area contributed by atoms with Gasteiger partial charge in [-0.25, -0.2) is 0 Å². The number of hydrogen-bond donors (Lipinski definition) is 3. The Kier molecular flexibility index (Phi) is 23.7. The lowest BCUT2D eigenvalue weighted by Crippen LogP contribution is -2.47. The molecule has 6 N–H and O–H groups in total. The van der Waals surface area contributed by atoms with Crippen LogP contribution in [-0.2, 0) is 38.1 Å². The Hall–Kier alpha value is -2.24. The third-order valence-electron chi connectivity index (χ3n) is 12.5. The molecule has 53 heavy (non-hydrogen) atoms. The maximum atomic E-state index is 13.3. The van der Waals surface area contributed by atoms with Crippen LogP contribution in [0, 0.1) is 34.5 Å². The molecule has 0 radical (unpaired) electrons. The minimum absolute atomic E-state index is 0.0886. The maximum absolute atomic E-state index is 13.3. The lowest BCUT2D eigenvalue weighted by molar-refractivity contribution is -0.164. The van der Waals surface area contributed by atoms with Crippen LogP contribution in [0.2, 0.25) is 0 Å². The van der Waals surface area contributed by atoms with E-state index in [1.807, 2.05) is 13.8 Å². The average molecular weight is 754 g/mol. The zero-order valence-corrected chi connectivity index (χ0v) is 34.9. The summed E-state index contributed by atoms with van der Waals surface area (Å²) in [7, 11) is 0. The molecule has 0 aromatic heterocycles. The molecule has 0 aliphatic heterocycles. The van der Waals surface area contributed by atoms with Crippen molar-refractivity contribution in [3.05, 3.63) is 0 Å². The minimum atomic E-state index is -0.365. The number of rotatable bonds is 29. The molecule has 11 heteroatoms. The van der Waals surface area contributed by atoms with Crippen LogP contribution in [0.25, 0.3) is 0 Å². The molecular formula is C42H79N3O8. The Morgan fingerprint density at radius 2 is 1.34 bits per heavy atom. The predicted octanol–water partition coefficient (Wildman–Crippen LogP) is 7.38. The number of nitrogens with two attached hydrogens (primary N) is 3. The molecule has 1 aliphatic rings. The van der Waals surface area contributed by atoms with Gasteiger partial charge in [-0.2, -0.15) is 0 Å². The van der Waals surface area contributed by atoms with Crippen molar-refractivity contribution in [3.63, 3.8) is 0 Å². The first-order chi connectivity index (χ1) is 25.1. The number of unbranched alkanes of at least 4 members (excludes halogenated alkanes) is 3. The molecule has 0 amide bonds. The Morgan fingerprint density at radius 1 is 0.755 bits per heavy atom. The summed E-state index contributed by atoms with van der Waals surface area (Å²) < 4.78 is 23.5. The van der Waals surface area contributed by atoms with Crippen molar-refractivity contribution in [3.8, 4) is 0 Å². The lowest BCUT2D eigenvalue weighted by Gasteiger charge is -2.47. The number of esters is 4. The van der Waals surface area contributed by atoms with Crippen molar-refractivity contribution >= 4 is 23.9 Å². The molecule has 310 valence electrons. The topological polar surface area (TPSA) is 183 Å². The van der Waals surface area contributed by atoms with Gasteiger partial charge in [0.15, 0.2) is 0 Å². The van der Waals surface area contributed by atoms with Gasteiger partial charge >= 0.3 is 23.9 Å². The number of ether oxygens (including phenoxy) is 4. The number of carbonyl (C=O) groups excluding carboxylic acids is 4.